The molecule has 2 atom stereocenters. The fourth-order valence-corrected chi connectivity index (χ4v) is 2.42. The van der Waals surface area contributed by atoms with Gasteiger partial charge in [-0.3, -0.25) is 0 Å². The maximum Gasteiger partial charge on any atom is 0.0123 e. The molecule has 0 amide bonds. The van der Waals surface area contributed by atoms with E-state index in [4.69, 9.17) is 0 Å². The molecule has 1 aliphatic carbocycles. The van der Waals surface area contributed by atoms with E-state index in [0.29, 0.717) is 0 Å². The Hall–Kier alpha value is -0.430. The molecule has 0 saturated heterocycles. The first kappa shape index (κ1) is 7.23. The Labute approximate surface area is 72.0 Å². The third kappa shape index (κ3) is 1.78. The molecule has 1 fully saturated rings. The van der Waals surface area contributed by atoms with Crippen LogP contribution in [-0.2, 0) is 0 Å². The van der Waals surface area contributed by atoms with E-state index in [9.17, 15) is 0 Å². The monoisotopic (exact) mass is 164 g/mol. The molecule has 0 aromatic heterocycles. The summed E-state index contributed by atoms with van der Waals surface area (Å²) in [4.78, 5) is 1.42. The predicted molar refractivity (Wildman–Crippen MR) is 49.9 cm³/mol. The van der Waals surface area contributed by atoms with Gasteiger partial charge in [-0.2, -0.15) is 0 Å². The van der Waals surface area contributed by atoms with Crippen LogP contribution in [0.4, 0.5) is 0 Å². The molecular formula is C10H12S. The smallest absolute Gasteiger partial charge is 0.0123 e. The van der Waals surface area contributed by atoms with Gasteiger partial charge >= 0.3 is 0 Å². The van der Waals surface area contributed by atoms with Crippen LogP contribution in [0.15, 0.2) is 35.2 Å². The molecule has 1 heteroatoms. The Morgan fingerprint density at radius 2 is 1.91 bits per heavy atom. The van der Waals surface area contributed by atoms with E-state index >= 15 is 0 Å². The normalized spacial score (nSPS) is 28.5. The van der Waals surface area contributed by atoms with Crippen molar-refractivity contribution in [3.8, 4) is 0 Å². The lowest BCUT2D eigenvalue weighted by atomic mass is 10.4. The second-order valence-corrected chi connectivity index (χ2v) is 4.49. The van der Waals surface area contributed by atoms with E-state index < -0.39 is 0 Å². The SMILES string of the molecule is C[C@H]1C[C@@H]1Sc1ccccc1. The van der Waals surface area contributed by atoms with Gasteiger partial charge in [-0.1, -0.05) is 25.1 Å². The van der Waals surface area contributed by atoms with Gasteiger partial charge in [0.2, 0.25) is 0 Å². The van der Waals surface area contributed by atoms with Crippen molar-refractivity contribution in [3.63, 3.8) is 0 Å². The number of rotatable bonds is 2. The molecule has 0 nitrogen and oxygen atoms in total. The van der Waals surface area contributed by atoms with Gasteiger partial charge in [-0.05, 0) is 24.5 Å². The average molecular weight is 164 g/mol. The van der Waals surface area contributed by atoms with Crippen molar-refractivity contribution in [1.82, 2.24) is 0 Å². The minimum Gasteiger partial charge on any atom is -0.122 e. The van der Waals surface area contributed by atoms with Crippen LogP contribution in [0, 0.1) is 5.92 Å². The molecule has 1 saturated carbocycles. The van der Waals surface area contributed by atoms with Gasteiger partial charge in [0.05, 0.1) is 0 Å². The van der Waals surface area contributed by atoms with Crippen LogP contribution in [0.1, 0.15) is 13.3 Å². The zero-order chi connectivity index (χ0) is 7.68. The van der Waals surface area contributed by atoms with Crippen LogP contribution in [-0.4, -0.2) is 5.25 Å². The Kier molecular flexibility index (Phi) is 1.91. The highest BCUT2D eigenvalue weighted by atomic mass is 32.2. The molecule has 0 N–H and O–H groups in total. The summed E-state index contributed by atoms with van der Waals surface area (Å²) in [5.41, 5.74) is 0. The lowest BCUT2D eigenvalue weighted by Crippen LogP contribution is -1.76. The molecular weight excluding hydrogens is 152 g/mol. The molecule has 58 valence electrons. The van der Waals surface area contributed by atoms with E-state index in [-0.39, 0.29) is 0 Å². The summed E-state index contributed by atoms with van der Waals surface area (Å²) in [5, 5.41) is 0.900. The Bertz CT molecular complexity index is 230. The Morgan fingerprint density at radius 3 is 2.45 bits per heavy atom. The number of hydrogen-bond donors (Lipinski definition) is 0. The average Bonchev–Trinajstić information content (AvgIpc) is 2.69. The fourth-order valence-electron chi connectivity index (χ4n) is 1.13. The third-order valence-corrected chi connectivity index (χ3v) is 3.57. The van der Waals surface area contributed by atoms with Crippen molar-refractivity contribution in [1.29, 1.82) is 0 Å². The van der Waals surface area contributed by atoms with E-state index in [1.807, 2.05) is 11.8 Å². The van der Waals surface area contributed by atoms with Crippen LogP contribution in [0.5, 0.6) is 0 Å². The predicted octanol–water partition coefficient (Wildman–Crippen LogP) is 3.19. The summed E-state index contributed by atoms with van der Waals surface area (Å²) >= 11 is 2.02. The van der Waals surface area contributed by atoms with E-state index in [1.165, 1.54) is 11.3 Å². The minimum atomic E-state index is 0.900. The first-order chi connectivity index (χ1) is 5.36. The van der Waals surface area contributed by atoms with Crippen molar-refractivity contribution >= 4 is 11.8 Å². The van der Waals surface area contributed by atoms with Crippen LogP contribution >= 0.6 is 11.8 Å². The van der Waals surface area contributed by atoms with Crippen molar-refractivity contribution < 1.29 is 0 Å². The number of benzene rings is 1. The zero-order valence-corrected chi connectivity index (χ0v) is 7.47. The van der Waals surface area contributed by atoms with Gasteiger partial charge in [0.25, 0.3) is 0 Å². The van der Waals surface area contributed by atoms with Gasteiger partial charge < -0.3 is 0 Å². The molecule has 11 heavy (non-hydrogen) atoms. The maximum atomic E-state index is 2.32. The maximum absolute atomic E-state index is 2.32. The van der Waals surface area contributed by atoms with E-state index in [2.05, 4.69) is 37.3 Å². The highest BCUT2D eigenvalue weighted by Crippen LogP contribution is 2.44. The fraction of sp³-hybridized carbons (Fsp3) is 0.400. The Balaban J connectivity index is 1.97. The number of thioether (sulfide) groups is 1. The summed E-state index contributed by atoms with van der Waals surface area (Å²) in [6.45, 7) is 2.32. The second kappa shape index (κ2) is 2.90. The second-order valence-electron chi connectivity index (χ2n) is 3.18. The van der Waals surface area contributed by atoms with Crippen molar-refractivity contribution in [2.24, 2.45) is 5.92 Å². The highest BCUT2D eigenvalue weighted by Gasteiger charge is 2.33. The van der Waals surface area contributed by atoms with Gasteiger partial charge in [0.1, 0.15) is 0 Å². The topological polar surface area (TPSA) is 0 Å². The van der Waals surface area contributed by atoms with Gasteiger partial charge in [0.15, 0.2) is 0 Å². The minimum absolute atomic E-state index is 0.900. The van der Waals surface area contributed by atoms with Gasteiger partial charge in [-0.25, -0.2) is 0 Å². The van der Waals surface area contributed by atoms with Crippen LogP contribution in [0.25, 0.3) is 0 Å². The Morgan fingerprint density at radius 1 is 1.27 bits per heavy atom. The molecule has 0 spiro atoms. The van der Waals surface area contributed by atoms with Gasteiger partial charge in [0, 0.05) is 10.1 Å². The molecule has 0 radical (unpaired) electrons. The number of hydrogen-bond acceptors (Lipinski definition) is 1. The first-order valence-corrected chi connectivity index (χ1v) is 4.96. The van der Waals surface area contributed by atoms with Crippen molar-refractivity contribution in [3.05, 3.63) is 30.3 Å². The summed E-state index contributed by atoms with van der Waals surface area (Å²) in [5.74, 6) is 0.945. The largest absolute Gasteiger partial charge is 0.122 e. The zero-order valence-electron chi connectivity index (χ0n) is 6.66. The standard InChI is InChI=1S/C10H12S/c1-8-7-10(8)11-9-5-3-2-4-6-9/h2-6,8,10H,7H2,1H3/t8-,10-/m0/s1. The first-order valence-electron chi connectivity index (χ1n) is 4.08. The third-order valence-electron chi connectivity index (χ3n) is 2.07. The molecule has 1 aromatic carbocycles. The molecule has 0 aliphatic heterocycles. The molecule has 2 rings (SSSR count). The summed E-state index contributed by atoms with van der Waals surface area (Å²) in [6, 6.07) is 10.7. The molecule has 0 bridgehead atoms. The molecule has 0 unspecified atom stereocenters. The van der Waals surface area contributed by atoms with E-state index in [1.54, 1.807) is 0 Å². The van der Waals surface area contributed by atoms with Crippen LogP contribution < -0.4 is 0 Å². The highest BCUT2D eigenvalue weighted by molar-refractivity contribution is 8.00. The van der Waals surface area contributed by atoms with Crippen LogP contribution in [0.2, 0.25) is 0 Å². The van der Waals surface area contributed by atoms with E-state index in [0.717, 1.165) is 11.2 Å². The summed E-state index contributed by atoms with van der Waals surface area (Å²) in [7, 11) is 0. The summed E-state index contributed by atoms with van der Waals surface area (Å²) in [6.07, 6.45) is 1.40. The van der Waals surface area contributed by atoms with Gasteiger partial charge in [-0.15, -0.1) is 11.8 Å². The quantitative estimate of drug-likeness (QED) is 0.647. The molecule has 0 heterocycles. The summed E-state index contributed by atoms with van der Waals surface area (Å²) < 4.78 is 0. The lowest BCUT2D eigenvalue weighted by molar-refractivity contribution is 0.987. The molecule has 1 aliphatic rings. The van der Waals surface area contributed by atoms with Crippen molar-refractivity contribution in [2.75, 3.05) is 0 Å². The lowest BCUT2D eigenvalue weighted by Gasteiger charge is -1.96. The van der Waals surface area contributed by atoms with Crippen LogP contribution in [0.3, 0.4) is 0 Å². The van der Waals surface area contributed by atoms with Crippen molar-refractivity contribution in [2.45, 2.75) is 23.5 Å². The molecule has 1 aromatic rings.